The molecule has 14 heavy (non-hydrogen) atoms. The minimum Gasteiger partial charge on any atom is -0.496 e. The molecule has 0 atom stereocenters. The van der Waals surface area contributed by atoms with Gasteiger partial charge in [0.2, 0.25) is 0 Å². The zero-order chi connectivity index (χ0) is 10.6. The van der Waals surface area contributed by atoms with Crippen molar-refractivity contribution in [3.8, 4) is 5.75 Å². The van der Waals surface area contributed by atoms with E-state index in [2.05, 4.69) is 13.8 Å². The number of benzene rings is 1. The van der Waals surface area contributed by atoms with E-state index in [1.165, 1.54) is 16.7 Å². The zero-order valence-corrected chi connectivity index (χ0v) is 9.00. The van der Waals surface area contributed by atoms with Gasteiger partial charge in [0.05, 0.1) is 7.11 Å². The quantitative estimate of drug-likeness (QED) is 0.795. The lowest BCUT2D eigenvalue weighted by Gasteiger charge is -2.09. The van der Waals surface area contributed by atoms with E-state index < -0.39 is 0 Å². The van der Waals surface area contributed by atoms with Crippen molar-refractivity contribution in [2.24, 2.45) is 5.73 Å². The standard InChI is InChI=1S/C12H17NO/c1-9-10(2)12(14-3)7-6-11(9)5-4-8-13/h4-7H,8,13H2,1-3H3/b5-4+. The first kappa shape index (κ1) is 10.8. The molecule has 2 heteroatoms. The fourth-order valence-corrected chi connectivity index (χ4v) is 1.41. The largest absolute Gasteiger partial charge is 0.496 e. The van der Waals surface area contributed by atoms with Crippen molar-refractivity contribution in [1.82, 2.24) is 0 Å². The maximum absolute atomic E-state index is 5.41. The van der Waals surface area contributed by atoms with Crippen LogP contribution in [0, 0.1) is 13.8 Å². The lowest BCUT2D eigenvalue weighted by Crippen LogP contribution is -1.94. The molecule has 0 amide bonds. The molecule has 0 aliphatic heterocycles. The molecule has 0 radical (unpaired) electrons. The Balaban J connectivity index is 3.10. The van der Waals surface area contributed by atoms with Crippen LogP contribution >= 0.6 is 0 Å². The smallest absolute Gasteiger partial charge is 0.122 e. The van der Waals surface area contributed by atoms with Crippen molar-refractivity contribution < 1.29 is 4.74 Å². The van der Waals surface area contributed by atoms with Crippen LogP contribution in [0.3, 0.4) is 0 Å². The molecule has 0 saturated carbocycles. The minimum atomic E-state index is 0.574. The Morgan fingerprint density at radius 1 is 1.29 bits per heavy atom. The van der Waals surface area contributed by atoms with E-state index in [1.54, 1.807) is 7.11 Å². The lowest BCUT2D eigenvalue weighted by molar-refractivity contribution is 0.411. The molecular formula is C12H17NO. The third-order valence-electron chi connectivity index (χ3n) is 2.43. The van der Waals surface area contributed by atoms with Crippen molar-refractivity contribution >= 4 is 6.08 Å². The molecule has 1 aromatic rings. The number of hydrogen-bond acceptors (Lipinski definition) is 2. The van der Waals surface area contributed by atoms with Gasteiger partial charge in [-0.15, -0.1) is 0 Å². The Kier molecular flexibility index (Phi) is 3.72. The Hall–Kier alpha value is -1.28. The SMILES string of the molecule is COc1ccc(/C=C/CN)c(C)c1C. The van der Waals surface area contributed by atoms with Crippen molar-refractivity contribution in [1.29, 1.82) is 0 Å². The Bertz CT molecular complexity index is 342. The third kappa shape index (κ3) is 2.15. The molecule has 76 valence electrons. The molecule has 2 nitrogen and oxygen atoms in total. The summed E-state index contributed by atoms with van der Waals surface area (Å²) in [7, 11) is 1.69. The molecule has 0 aliphatic carbocycles. The first-order valence-electron chi connectivity index (χ1n) is 4.71. The van der Waals surface area contributed by atoms with Crippen LogP contribution < -0.4 is 10.5 Å². The second kappa shape index (κ2) is 4.82. The predicted molar refractivity (Wildman–Crippen MR) is 60.6 cm³/mol. The number of rotatable bonds is 3. The van der Waals surface area contributed by atoms with Crippen LogP contribution in [0.1, 0.15) is 16.7 Å². The van der Waals surface area contributed by atoms with E-state index in [9.17, 15) is 0 Å². The first-order valence-corrected chi connectivity index (χ1v) is 4.71. The topological polar surface area (TPSA) is 35.2 Å². The number of methoxy groups -OCH3 is 1. The third-order valence-corrected chi connectivity index (χ3v) is 2.43. The van der Waals surface area contributed by atoms with Gasteiger partial charge in [0.1, 0.15) is 5.75 Å². The Morgan fingerprint density at radius 2 is 2.00 bits per heavy atom. The van der Waals surface area contributed by atoms with Gasteiger partial charge in [-0.3, -0.25) is 0 Å². The molecule has 0 saturated heterocycles. The van der Waals surface area contributed by atoms with Crippen molar-refractivity contribution in [2.75, 3.05) is 13.7 Å². The normalized spacial score (nSPS) is 10.9. The van der Waals surface area contributed by atoms with Gasteiger partial charge in [-0.2, -0.15) is 0 Å². The molecule has 1 rings (SSSR count). The summed E-state index contributed by atoms with van der Waals surface area (Å²) >= 11 is 0. The van der Waals surface area contributed by atoms with Gasteiger partial charge < -0.3 is 10.5 Å². The van der Waals surface area contributed by atoms with Gasteiger partial charge in [-0.05, 0) is 36.6 Å². The number of ether oxygens (including phenoxy) is 1. The molecule has 2 N–H and O–H groups in total. The number of nitrogens with two attached hydrogens (primary N) is 1. The highest BCUT2D eigenvalue weighted by molar-refractivity contribution is 5.58. The van der Waals surface area contributed by atoms with Crippen LogP contribution in [-0.4, -0.2) is 13.7 Å². The molecule has 0 bridgehead atoms. The fraction of sp³-hybridized carbons (Fsp3) is 0.333. The van der Waals surface area contributed by atoms with Gasteiger partial charge in [-0.1, -0.05) is 18.2 Å². The highest BCUT2D eigenvalue weighted by Gasteiger charge is 2.03. The van der Waals surface area contributed by atoms with Crippen LogP contribution in [0.4, 0.5) is 0 Å². The summed E-state index contributed by atoms with van der Waals surface area (Å²) in [5, 5.41) is 0. The van der Waals surface area contributed by atoms with Gasteiger partial charge in [-0.25, -0.2) is 0 Å². The zero-order valence-electron chi connectivity index (χ0n) is 9.00. The Morgan fingerprint density at radius 3 is 2.57 bits per heavy atom. The van der Waals surface area contributed by atoms with E-state index >= 15 is 0 Å². The molecule has 1 aromatic carbocycles. The summed E-state index contributed by atoms with van der Waals surface area (Å²) in [6.45, 7) is 4.73. The van der Waals surface area contributed by atoms with E-state index in [-0.39, 0.29) is 0 Å². The summed E-state index contributed by atoms with van der Waals surface area (Å²) in [6, 6.07) is 4.03. The first-order chi connectivity index (χ1) is 6.70. The summed E-state index contributed by atoms with van der Waals surface area (Å²) in [4.78, 5) is 0. The van der Waals surface area contributed by atoms with Crippen LogP contribution in [0.25, 0.3) is 6.08 Å². The fourth-order valence-electron chi connectivity index (χ4n) is 1.41. The highest BCUT2D eigenvalue weighted by Crippen LogP contribution is 2.24. The van der Waals surface area contributed by atoms with Gasteiger partial charge in [0.15, 0.2) is 0 Å². The van der Waals surface area contributed by atoms with Crippen LogP contribution in [0.2, 0.25) is 0 Å². The molecular weight excluding hydrogens is 174 g/mol. The van der Waals surface area contributed by atoms with E-state index in [0.29, 0.717) is 6.54 Å². The predicted octanol–water partition coefficient (Wildman–Crippen LogP) is 2.28. The minimum absolute atomic E-state index is 0.574. The average Bonchev–Trinajstić information content (AvgIpc) is 2.20. The maximum Gasteiger partial charge on any atom is 0.122 e. The summed E-state index contributed by atoms with van der Waals surface area (Å²) in [6.07, 6.45) is 4.00. The summed E-state index contributed by atoms with van der Waals surface area (Å²) < 4.78 is 5.24. The molecule has 0 fully saturated rings. The van der Waals surface area contributed by atoms with Gasteiger partial charge in [0, 0.05) is 6.54 Å². The monoisotopic (exact) mass is 191 g/mol. The second-order valence-corrected chi connectivity index (χ2v) is 3.25. The number of hydrogen-bond donors (Lipinski definition) is 1. The van der Waals surface area contributed by atoms with E-state index in [0.717, 1.165) is 5.75 Å². The van der Waals surface area contributed by atoms with Crippen molar-refractivity contribution in [2.45, 2.75) is 13.8 Å². The molecule has 0 heterocycles. The van der Waals surface area contributed by atoms with E-state index in [1.807, 2.05) is 24.3 Å². The van der Waals surface area contributed by atoms with Gasteiger partial charge in [0.25, 0.3) is 0 Å². The van der Waals surface area contributed by atoms with Crippen LogP contribution in [0.15, 0.2) is 18.2 Å². The van der Waals surface area contributed by atoms with Crippen LogP contribution in [0.5, 0.6) is 5.75 Å². The maximum atomic E-state index is 5.41. The van der Waals surface area contributed by atoms with Crippen molar-refractivity contribution in [3.05, 3.63) is 34.9 Å². The highest BCUT2D eigenvalue weighted by atomic mass is 16.5. The van der Waals surface area contributed by atoms with E-state index in [4.69, 9.17) is 10.5 Å². The molecule has 0 unspecified atom stereocenters. The summed E-state index contributed by atoms with van der Waals surface area (Å²) in [5.74, 6) is 0.937. The van der Waals surface area contributed by atoms with Crippen molar-refractivity contribution in [3.63, 3.8) is 0 Å². The Labute approximate surface area is 85.4 Å². The lowest BCUT2D eigenvalue weighted by atomic mass is 10.0. The summed E-state index contributed by atoms with van der Waals surface area (Å²) in [5.41, 5.74) is 9.04. The molecule has 0 spiro atoms. The second-order valence-electron chi connectivity index (χ2n) is 3.25. The van der Waals surface area contributed by atoms with Crippen LogP contribution in [-0.2, 0) is 0 Å². The van der Waals surface area contributed by atoms with Gasteiger partial charge >= 0.3 is 0 Å². The average molecular weight is 191 g/mol. The molecule has 0 aromatic heterocycles. The molecule has 0 aliphatic rings.